The Morgan fingerprint density at radius 1 is 0.800 bits per heavy atom. The largest absolute Gasteiger partial charge is 0.444 e. The Labute approximate surface area is 264 Å². The second-order valence-electron chi connectivity index (χ2n) is 14.2. The van der Waals surface area contributed by atoms with Gasteiger partial charge in [0.2, 0.25) is 0 Å². The molecule has 6 heterocycles. The first-order valence-electron chi connectivity index (χ1n) is 16.6. The Kier molecular flexibility index (Phi) is 6.87. The van der Waals surface area contributed by atoms with E-state index in [4.69, 9.17) is 14.7 Å². The number of hydrogen-bond donors (Lipinski definition) is 3. The van der Waals surface area contributed by atoms with Crippen LogP contribution in [-0.2, 0) is 4.74 Å². The van der Waals surface area contributed by atoms with Crippen molar-refractivity contribution in [2.75, 3.05) is 20.1 Å². The van der Waals surface area contributed by atoms with Crippen molar-refractivity contribution in [3.8, 4) is 33.6 Å². The van der Waals surface area contributed by atoms with Crippen LogP contribution in [0.4, 0.5) is 4.79 Å². The number of aromatic nitrogens is 4. The Bertz CT molecular complexity index is 1730. The lowest BCUT2D eigenvalue weighted by atomic mass is 9.82. The van der Waals surface area contributed by atoms with Crippen LogP contribution in [0.1, 0.15) is 106 Å². The van der Waals surface area contributed by atoms with Crippen LogP contribution in [0.25, 0.3) is 33.6 Å². The van der Waals surface area contributed by atoms with Gasteiger partial charge in [0, 0.05) is 24.2 Å². The maximum atomic E-state index is 12.9. The van der Waals surface area contributed by atoms with Gasteiger partial charge in [-0.2, -0.15) is 0 Å². The fourth-order valence-electron chi connectivity index (χ4n) is 8.12. The molecule has 3 fully saturated rings. The van der Waals surface area contributed by atoms with E-state index in [-0.39, 0.29) is 12.1 Å². The molecular weight excluding hydrogens is 562 g/mol. The molecule has 0 aliphatic carbocycles. The number of H-pyrrole nitrogens is 2. The monoisotopic (exact) mass is 605 g/mol. The topological polar surface area (TPSA) is 102 Å². The first kappa shape index (κ1) is 28.5. The van der Waals surface area contributed by atoms with Gasteiger partial charge in [0.15, 0.2) is 0 Å². The molecule has 2 unspecified atom stereocenters. The summed E-state index contributed by atoms with van der Waals surface area (Å²) in [5, 5.41) is 3.57. The van der Waals surface area contributed by atoms with Crippen LogP contribution < -0.4 is 5.32 Å². The standard InChI is InChI=1S/C36H43N7O2/c1-36(2,3)45-35(44)43-18-6-8-30(43)34-39-19-26(40-34)22-11-9-21(10-12-22)23-13-14-24(32-29-16-15-28(31(23)32)42(29)4)27-20-38-33(41-27)25-7-5-17-37-25/h9-14,19-20,25,28-30,37H,5-8,15-18H2,1-4H3,(H,38,41)(H,39,40)/t25-,28?,29?,30-/m0/s1. The van der Waals surface area contributed by atoms with E-state index in [1.165, 1.54) is 47.1 Å². The van der Waals surface area contributed by atoms with Crippen molar-refractivity contribution in [3.05, 3.63) is 71.6 Å². The van der Waals surface area contributed by atoms with Crippen LogP contribution in [0.3, 0.4) is 0 Å². The quantitative estimate of drug-likeness (QED) is 0.218. The minimum atomic E-state index is -0.523. The van der Waals surface area contributed by atoms with Crippen LogP contribution in [0.2, 0.25) is 0 Å². The van der Waals surface area contributed by atoms with Crippen molar-refractivity contribution in [1.82, 2.24) is 35.1 Å². The summed E-state index contributed by atoms with van der Waals surface area (Å²) in [6.45, 7) is 7.45. The molecule has 0 spiro atoms. The number of nitrogens with one attached hydrogen (secondary N) is 3. The number of aromatic amines is 2. The molecular formula is C36H43N7O2. The maximum absolute atomic E-state index is 12.9. The van der Waals surface area contributed by atoms with Gasteiger partial charge < -0.3 is 20.0 Å². The Hall–Kier alpha value is -3.95. The first-order chi connectivity index (χ1) is 21.7. The predicted molar refractivity (Wildman–Crippen MR) is 174 cm³/mol. The lowest BCUT2D eigenvalue weighted by Crippen LogP contribution is -2.36. The van der Waals surface area contributed by atoms with Crippen LogP contribution >= 0.6 is 0 Å². The van der Waals surface area contributed by atoms with Crippen molar-refractivity contribution in [3.63, 3.8) is 0 Å². The van der Waals surface area contributed by atoms with Gasteiger partial charge in [-0.3, -0.25) is 9.80 Å². The molecule has 234 valence electrons. The number of nitrogens with zero attached hydrogens (tertiary/aromatic N) is 4. The van der Waals surface area contributed by atoms with Crippen molar-refractivity contribution in [2.45, 2.75) is 89.1 Å². The summed E-state index contributed by atoms with van der Waals surface area (Å²) in [5.74, 6) is 1.87. The summed E-state index contributed by atoms with van der Waals surface area (Å²) in [7, 11) is 2.28. The van der Waals surface area contributed by atoms with Gasteiger partial charge in [0.25, 0.3) is 0 Å². The third-order valence-electron chi connectivity index (χ3n) is 10.2. The highest BCUT2D eigenvalue weighted by atomic mass is 16.6. The highest BCUT2D eigenvalue weighted by Gasteiger charge is 2.45. The van der Waals surface area contributed by atoms with Crippen LogP contribution in [0.15, 0.2) is 48.8 Å². The molecule has 2 bridgehead atoms. The lowest BCUT2D eigenvalue weighted by molar-refractivity contribution is 0.0218. The first-order valence-corrected chi connectivity index (χ1v) is 16.6. The minimum absolute atomic E-state index is 0.0956. The molecule has 4 aliphatic heterocycles. The van der Waals surface area contributed by atoms with E-state index >= 15 is 0 Å². The summed E-state index contributed by atoms with van der Waals surface area (Å²) in [6.07, 6.45) is 10.2. The molecule has 45 heavy (non-hydrogen) atoms. The molecule has 2 aromatic carbocycles. The predicted octanol–water partition coefficient (Wildman–Crippen LogP) is 7.45. The average molecular weight is 606 g/mol. The number of fused-ring (bicyclic) bond motifs is 5. The Balaban J connectivity index is 1.07. The van der Waals surface area contributed by atoms with Gasteiger partial charge in [0.05, 0.1) is 35.9 Å². The van der Waals surface area contributed by atoms with Gasteiger partial charge in [-0.05, 0) is 101 Å². The van der Waals surface area contributed by atoms with Crippen molar-refractivity contribution in [1.29, 1.82) is 0 Å². The fraction of sp³-hybridized carbons (Fsp3) is 0.472. The van der Waals surface area contributed by atoms with Crippen LogP contribution in [0, 0.1) is 0 Å². The van der Waals surface area contributed by atoms with Gasteiger partial charge in [-0.1, -0.05) is 36.4 Å². The van der Waals surface area contributed by atoms with Crippen LogP contribution in [0.5, 0.6) is 0 Å². The van der Waals surface area contributed by atoms with Crippen molar-refractivity contribution in [2.24, 2.45) is 0 Å². The number of hydrogen-bond acceptors (Lipinski definition) is 6. The normalized spacial score (nSPS) is 24.5. The van der Waals surface area contributed by atoms with E-state index in [9.17, 15) is 4.79 Å². The number of likely N-dealkylation sites (tertiary alicyclic amines) is 1. The average Bonchev–Trinajstić information content (AvgIpc) is 3.87. The van der Waals surface area contributed by atoms with E-state index < -0.39 is 5.60 Å². The SMILES string of the molecule is CN1C2CCC1c1c(-c3cnc([C@@H]4CCCN4)[nH]3)ccc(-c3ccc(-c4cnc([C@@H]5CCCN5C(=O)OC(C)(C)C)[nH]4)cc3)c12. The molecule has 9 heteroatoms. The number of carbonyl (C=O) groups is 1. The van der Waals surface area contributed by atoms with Gasteiger partial charge in [-0.15, -0.1) is 0 Å². The summed E-state index contributed by atoms with van der Waals surface area (Å²) in [6, 6.07) is 14.6. The second-order valence-corrected chi connectivity index (χ2v) is 14.2. The summed E-state index contributed by atoms with van der Waals surface area (Å²) in [5.41, 5.74) is 9.42. The van der Waals surface area contributed by atoms with Gasteiger partial charge in [-0.25, -0.2) is 14.8 Å². The van der Waals surface area contributed by atoms with E-state index in [2.05, 4.69) is 63.6 Å². The molecule has 8 rings (SSSR count). The maximum Gasteiger partial charge on any atom is 0.410 e. The number of carbonyl (C=O) groups excluding carboxylic acids is 1. The highest BCUT2D eigenvalue weighted by molar-refractivity contribution is 5.80. The highest BCUT2D eigenvalue weighted by Crippen LogP contribution is 2.57. The number of benzene rings is 2. The lowest BCUT2D eigenvalue weighted by Gasteiger charge is -2.27. The summed E-state index contributed by atoms with van der Waals surface area (Å²) >= 11 is 0. The molecule has 3 N–H and O–H groups in total. The van der Waals surface area contributed by atoms with Crippen molar-refractivity contribution < 1.29 is 9.53 Å². The molecule has 3 saturated heterocycles. The smallest absolute Gasteiger partial charge is 0.410 e. The van der Waals surface area contributed by atoms with Crippen molar-refractivity contribution >= 4 is 6.09 Å². The summed E-state index contributed by atoms with van der Waals surface area (Å²) in [4.78, 5) is 33.9. The van der Waals surface area contributed by atoms with E-state index in [0.29, 0.717) is 24.7 Å². The zero-order valence-corrected chi connectivity index (χ0v) is 26.7. The Morgan fingerprint density at radius 3 is 2.20 bits per heavy atom. The second kappa shape index (κ2) is 10.8. The molecule has 4 aromatic rings. The molecule has 2 aromatic heterocycles. The van der Waals surface area contributed by atoms with Gasteiger partial charge in [0.1, 0.15) is 17.2 Å². The summed E-state index contributed by atoms with van der Waals surface area (Å²) < 4.78 is 5.67. The molecule has 1 amide bonds. The molecule has 0 saturated carbocycles. The number of ether oxygens (including phenoxy) is 1. The van der Waals surface area contributed by atoms with E-state index in [1.807, 2.05) is 38.1 Å². The molecule has 4 atom stereocenters. The van der Waals surface area contributed by atoms with Gasteiger partial charge >= 0.3 is 6.09 Å². The molecule has 0 radical (unpaired) electrons. The Morgan fingerprint density at radius 2 is 1.47 bits per heavy atom. The third kappa shape index (κ3) is 4.97. The molecule has 9 nitrogen and oxygen atoms in total. The zero-order valence-electron chi connectivity index (χ0n) is 26.7. The van der Waals surface area contributed by atoms with Crippen LogP contribution in [-0.4, -0.2) is 61.6 Å². The molecule has 4 aliphatic rings. The third-order valence-corrected chi connectivity index (χ3v) is 10.2. The minimum Gasteiger partial charge on any atom is -0.444 e. The van der Waals surface area contributed by atoms with E-state index in [0.717, 1.165) is 54.4 Å². The number of imidazole rings is 2. The zero-order chi connectivity index (χ0) is 30.9. The number of rotatable bonds is 5. The fourth-order valence-corrected chi connectivity index (χ4v) is 8.12. The number of amides is 1. The van der Waals surface area contributed by atoms with E-state index in [1.54, 1.807) is 0 Å².